The first-order valence-corrected chi connectivity index (χ1v) is 8.96. The van der Waals surface area contributed by atoms with E-state index in [1.54, 1.807) is 51.1 Å². The highest BCUT2D eigenvalue weighted by Gasteiger charge is 2.66. The monoisotopic (exact) mass is 419 g/mol. The van der Waals surface area contributed by atoms with Crippen molar-refractivity contribution in [2.75, 3.05) is 6.73 Å². The van der Waals surface area contributed by atoms with Crippen molar-refractivity contribution in [1.29, 1.82) is 0 Å². The number of halogens is 3. The van der Waals surface area contributed by atoms with Crippen LogP contribution in [0.2, 0.25) is 0 Å². The Morgan fingerprint density at radius 3 is 2.41 bits per heavy atom. The number of amides is 1. The van der Waals surface area contributed by atoms with Crippen LogP contribution in [0, 0.1) is 0 Å². The van der Waals surface area contributed by atoms with Crippen molar-refractivity contribution in [2.45, 2.75) is 63.8 Å². The van der Waals surface area contributed by atoms with Crippen molar-refractivity contribution >= 4 is 12.1 Å². The minimum absolute atomic E-state index is 0.0415. The SMILES string of the molecule is CC(C)(C)OC(=O)N1COC(O)(C(F)(F)F)[C@@H]1CCC(=O)OCc1ccccc1. The second kappa shape index (κ2) is 8.58. The van der Waals surface area contributed by atoms with Crippen LogP contribution < -0.4 is 0 Å². The molecule has 1 amide bonds. The van der Waals surface area contributed by atoms with E-state index in [2.05, 4.69) is 4.74 Å². The molecule has 1 aromatic carbocycles. The summed E-state index contributed by atoms with van der Waals surface area (Å²) in [7, 11) is 0. The first-order chi connectivity index (χ1) is 13.3. The van der Waals surface area contributed by atoms with Crippen LogP contribution in [0.25, 0.3) is 0 Å². The maximum absolute atomic E-state index is 13.4. The smallest absolute Gasteiger partial charge is 0.445 e. The van der Waals surface area contributed by atoms with E-state index in [0.717, 1.165) is 0 Å². The van der Waals surface area contributed by atoms with E-state index in [0.29, 0.717) is 10.5 Å². The van der Waals surface area contributed by atoms with E-state index in [1.165, 1.54) is 0 Å². The van der Waals surface area contributed by atoms with Crippen molar-refractivity contribution in [3.8, 4) is 0 Å². The molecule has 162 valence electrons. The number of carbonyl (C=O) groups excluding carboxylic acids is 2. The molecule has 1 aromatic rings. The summed E-state index contributed by atoms with van der Waals surface area (Å²) in [4.78, 5) is 24.9. The molecular formula is C19H24F3NO6. The molecule has 1 heterocycles. The fourth-order valence-electron chi connectivity index (χ4n) is 2.75. The number of benzene rings is 1. The van der Waals surface area contributed by atoms with Crippen LogP contribution in [0.5, 0.6) is 0 Å². The standard InChI is InChI=1S/C19H24F3NO6/c1-17(2,3)29-16(25)23-12-28-18(26,19(20,21)22)14(23)9-10-15(24)27-11-13-7-5-4-6-8-13/h4-8,14,26H,9-12H2,1-3H3/t14-,18?/m0/s1. The molecule has 1 aliphatic rings. The zero-order chi connectivity index (χ0) is 21.9. The number of ether oxygens (including phenoxy) is 3. The fraction of sp³-hybridized carbons (Fsp3) is 0.579. The Morgan fingerprint density at radius 1 is 1.24 bits per heavy atom. The third kappa shape index (κ3) is 5.83. The predicted octanol–water partition coefficient (Wildman–Crippen LogP) is 3.35. The first kappa shape index (κ1) is 23.0. The topological polar surface area (TPSA) is 85.3 Å². The zero-order valence-electron chi connectivity index (χ0n) is 16.4. The Kier molecular flexibility index (Phi) is 6.79. The molecule has 1 saturated heterocycles. The molecule has 0 radical (unpaired) electrons. The molecule has 10 heteroatoms. The summed E-state index contributed by atoms with van der Waals surface area (Å²) in [5.41, 5.74) is -0.248. The Bertz CT molecular complexity index is 719. The van der Waals surface area contributed by atoms with Gasteiger partial charge >= 0.3 is 18.2 Å². The Morgan fingerprint density at radius 2 is 1.86 bits per heavy atom. The molecule has 0 aliphatic carbocycles. The van der Waals surface area contributed by atoms with Crippen molar-refractivity contribution in [3.05, 3.63) is 35.9 Å². The molecule has 1 fully saturated rings. The van der Waals surface area contributed by atoms with Crippen LogP contribution in [-0.2, 0) is 25.6 Å². The average Bonchev–Trinajstić information content (AvgIpc) is 2.95. The average molecular weight is 419 g/mol. The quantitative estimate of drug-likeness (QED) is 0.737. The summed E-state index contributed by atoms with van der Waals surface area (Å²) < 4.78 is 54.8. The maximum atomic E-state index is 13.4. The lowest BCUT2D eigenvalue weighted by Crippen LogP contribution is -2.56. The normalized spacial score (nSPS) is 22.4. The highest BCUT2D eigenvalue weighted by molar-refractivity contribution is 5.71. The van der Waals surface area contributed by atoms with E-state index >= 15 is 0 Å². The molecule has 0 saturated carbocycles. The lowest BCUT2D eigenvalue weighted by atomic mass is 10.0. The van der Waals surface area contributed by atoms with Crippen LogP contribution in [0.4, 0.5) is 18.0 Å². The molecule has 0 aromatic heterocycles. The number of alkyl halides is 3. The van der Waals surface area contributed by atoms with Gasteiger partial charge in [0, 0.05) is 6.42 Å². The van der Waals surface area contributed by atoms with Gasteiger partial charge in [-0.3, -0.25) is 9.69 Å². The summed E-state index contributed by atoms with van der Waals surface area (Å²) in [6, 6.07) is 6.88. The number of nitrogens with zero attached hydrogens (tertiary/aromatic N) is 1. The van der Waals surface area contributed by atoms with Crippen LogP contribution in [0.3, 0.4) is 0 Å². The predicted molar refractivity (Wildman–Crippen MR) is 94.3 cm³/mol. The molecule has 2 atom stereocenters. The highest BCUT2D eigenvalue weighted by atomic mass is 19.4. The van der Waals surface area contributed by atoms with Gasteiger partial charge < -0.3 is 19.3 Å². The molecule has 1 aliphatic heterocycles. The van der Waals surface area contributed by atoms with E-state index in [9.17, 15) is 27.9 Å². The number of carbonyl (C=O) groups is 2. The second-order valence-electron chi connectivity index (χ2n) is 7.62. The Balaban J connectivity index is 2.06. The molecule has 29 heavy (non-hydrogen) atoms. The molecule has 2 rings (SSSR count). The van der Waals surface area contributed by atoms with E-state index in [1.807, 2.05) is 0 Å². The minimum Gasteiger partial charge on any atom is -0.461 e. The largest absolute Gasteiger partial charge is 0.461 e. The Labute approximate surface area is 166 Å². The lowest BCUT2D eigenvalue weighted by Gasteiger charge is -2.33. The maximum Gasteiger partial charge on any atom is 0.445 e. The number of hydrogen-bond acceptors (Lipinski definition) is 6. The first-order valence-electron chi connectivity index (χ1n) is 8.96. The lowest BCUT2D eigenvalue weighted by molar-refractivity contribution is -0.354. The highest BCUT2D eigenvalue weighted by Crippen LogP contribution is 2.42. The minimum atomic E-state index is -5.18. The van der Waals surface area contributed by atoms with Crippen LogP contribution >= 0.6 is 0 Å². The van der Waals surface area contributed by atoms with Crippen LogP contribution in [0.15, 0.2) is 30.3 Å². The van der Waals surface area contributed by atoms with Crippen molar-refractivity contribution in [2.24, 2.45) is 0 Å². The van der Waals surface area contributed by atoms with Gasteiger partial charge in [0.05, 0.1) is 0 Å². The van der Waals surface area contributed by atoms with Gasteiger partial charge in [-0.2, -0.15) is 13.2 Å². The van der Waals surface area contributed by atoms with Crippen molar-refractivity contribution in [3.63, 3.8) is 0 Å². The summed E-state index contributed by atoms with van der Waals surface area (Å²) in [6.07, 6.45) is -7.25. The summed E-state index contributed by atoms with van der Waals surface area (Å²) >= 11 is 0. The third-order valence-electron chi connectivity index (χ3n) is 4.15. The molecule has 0 bridgehead atoms. The second-order valence-corrected chi connectivity index (χ2v) is 7.62. The van der Waals surface area contributed by atoms with Gasteiger partial charge in [-0.1, -0.05) is 30.3 Å². The Hall–Kier alpha value is -2.33. The van der Waals surface area contributed by atoms with Gasteiger partial charge in [0.15, 0.2) is 0 Å². The molecule has 1 unspecified atom stereocenters. The summed E-state index contributed by atoms with van der Waals surface area (Å²) in [5.74, 6) is -4.38. The van der Waals surface area contributed by atoms with Crippen LogP contribution in [0.1, 0.15) is 39.2 Å². The molecule has 0 spiro atoms. The van der Waals surface area contributed by atoms with Gasteiger partial charge in [0.25, 0.3) is 5.79 Å². The van der Waals surface area contributed by atoms with Gasteiger partial charge in [-0.25, -0.2) is 4.79 Å². The number of aliphatic hydroxyl groups is 1. The zero-order valence-corrected chi connectivity index (χ0v) is 16.4. The van der Waals surface area contributed by atoms with E-state index in [4.69, 9.17) is 9.47 Å². The number of esters is 1. The van der Waals surface area contributed by atoms with E-state index < -0.39 is 55.2 Å². The van der Waals surface area contributed by atoms with Gasteiger partial charge in [-0.05, 0) is 32.8 Å². The van der Waals surface area contributed by atoms with Crippen LogP contribution in [-0.4, -0.2) is 52.4 Å². The van der Waals surface area contributed by atoms with Gasteiger partial charge in [-0.15, -0.1) is 0 Å². The van der Waals surface area contributed by atoms with Crippen molar-refractivity contribution < 1.29 is 42.1 Å². The van der Waals surface area contributed by atoms with E-state index in [-0.39, 0.29) is 6.61 Å². The summed E-state index contributed by atoms with van der Waals surface area (Å²) in [5, 5.41) is 10.1. The molecule has 1 N–H and O–H groups in total. The molecular weight excluding hydrogens is 395 g/mol. The van der Waals surface area contributed by atoms with Crippen molar-refractivity contribution in [1.82, 2.24) is 4.90 Å². The fourth-order valence-corrected chi connectivity index (χ4v) is 2.75. The third-order valence-corrected chi connectivity index (χ3v) is 4.15. The van der Waals surface area contributed by atoms with Gasteiger partial charge in [0.1, 0.15) is 25.0 Å². The number of hydrogen-bond donors (Lipinski definition) is 1. The molecule has 7 nitrogen and oxygen atoms in total. The number of rotatable bonds is 5. The van der Waals surface area contributed by atoms with Gasteiger partial charge in [0.2, 0.25) is 0 Å². The summed E-state index contributed by atoms with van der Waals surface area (Å²) in [6.45, 7) is 3.78.